The van der Waals surface area contributed by atoms with Crippen molar-refractivity contribution in [3.8, 4) is 0 Å². The lowest BCUT2D eigenvalue weighted by molar-refractivity contribution is -0.143. The topological polar surface area (TPSA) is 49.9 Å². The first kappa shape index (κ1) is 17.0. The molecule has 0 aromatic heterocycles. The van der Waals surface area contributed by atoms with E-state index in [2.05, 4.69) is 0 Å². The van der Waals surface area contributed by atoms with Crippen molar-refractivity contribution < 1.29 is 23.1 Å². The van der Waals surface area contributed by atoms with Crippen LogP contribution in [-0.2, 0) is 9.53 Å². The maximum absolute atomic E-state index is 14.0. The van der Waals surface area contributed by atoms with Gasteiger partial charge in [-0.15, -0.1) is 0 Å². The van der Waals surface area contributed by atoms with E-state index in [0.717, 1.165) is 17.7 Å². The second kappa shape index (κ2) is 6.01. The molecule has 0 aromatic rings. The first-order valence-corrected chi connectivity index (χ1v) is 7.73. The van der Waals surface area contributed by atoms with Crippen molar-refractivity contribution in [2.45, 2.75) is 64.0 Å². The number of halogens is 2. The Morgan fingerprint density at radius 1 is 1.32 bits per heavy atom. The maximum atomic E-state index is 14.0. The van der Waals surface area contributed by atoms with Gasteiger partial charge in [0.15, 0.2) is 0 Å². The lowest BCUT2D eigenvalue weighted by Gasteiger charge is -2.43. The minimum Gasteiger partial charge on any atom is -0.444 e. The summed E-state index contributed by atoms with van der Waals surface area (Å²) in [5, 5.41) is 0. The smallest absolute Gasteiger partial charge is 0.410 e. The molecule has 2 saturated heterocycles. The number of piperidine rings is 2. The molecule has 0 N–H and O–H groups in total. The van der Waals surface area contributed by atoms with Crippen LogP contribution in [0.4, 0.5) is 13.6 Å². The summed E-state index contributed by atoms with van der Waals surface area (Å²) >= 11 is 0. The van der Waals surface area contributed by atoms with Crippen LogP contribution in [0.1, 0.15) is 46.5 Å². The van der Waals surface area contributed by atoms with Crippen molar-refractivity contribution in [3.63, 3.8) is 0 Å². The van der Waals surface area contributed by atoms with Crippen LogP contribution in [0.5, 0.6) is 0 Å². The molecule has 0 unspecified atom stereocenters. The number of carbonyl (C=O) groups is 2. The van der Waals surface area contributed by atoms with E-state index >= 15 is 0 Å². The van der Waals surface area contributed by atoms with Crippen LogP contribution >= 0.6 is 0 Å². The summed E-state index contributed by atoms with van der Waals surface area (Å²) in [7, 11) is 0. The van der Waals surface area contributed by atoms with Gasteiger partial charge in [0.1, 0.15) is 5.60 Å². The van der Waals surface area contributed by atoms with E-state index in [-0.39, 0.29) is 12.5 Å². The maximum Gasteiger partial charge on any atom is 0.410 e. The van der Waals surface area contributed by atoms with Gasteiger partial charge in [0, 0.05) is 25.9 Å². The molecule has 2 heterocycles. The highest BCUT2D eigenvalue weighted by Crippen LogP contribution is 2.31. The van der Waals surface area contributed by atoms with E-state index < -0.39 is 36.6 Å². The van der Waals surface area contributed by atoms with Crippen molar-refractivity contribution >= 4 is 12.0 Å². The summed E-state index contributed by atoms with van der Waals surface area (Å²) in [4.78, 5) is 26.6. The van der Waals surface area contributed by atoms with Crippen LogP contribution in [0.15, 0.2) is 0 Å². The molecule has 2 aliphatic rings. The lowest BCUT2D eigenvalue weighted by atomic mass is 9.98. The summed E-state index contributed by atoms with van der Waals surface area (Å²) in [5.74, 6) is -3.10. The third-order valence-corrected chi connectivity index (χ3v) is 3.84. The molecule has 0 radical (unpaired) electrons. The van der Waals surface area contributed by atoms with E-state index in [1.165, 1.54) is 4.90 Å². The molecule has 22 heavy (non-hydrogen) atoms. The third kappa shape index (κ3) is 4.30. The number of carbonyl (C=O) groups excluding carboxylic acids is 2. The summed E-state index contributed by atoms with van der Waals surface area (Å²) in [6, 6.07) is -0.635. The Bertz CT molecular complexity index is 449. The van der Waals surface area contributed by atoms with Gasteiger partial charge < -0.3 is 14.5 Å². The fourth-order valence-electron chi connectivity index (χ4n) is 2.96. The monoisotopic (exact) mass is 318 g/mol. The normalized spacial score (nSPS) is 26.0. The van der Waals surface area contributed by atoms with Crippen molar-refractivity contribution in [1.29, 1.82) is 0 Å². The van der Waals surface area contributed by atoms with E-state index in [0.29, 0.717) is 13.0 Å². The van der Waals surface area contributed by atoms with Gasteiger partial charge in [-0.25, -0.2) is 13.6 Å². The highest BCUT2D eigenvalue weighted by Gasteiger charge is 2.46. The number of ether oxygens (including phenoxy) is 1. The predicted molar refractivity (Wildman–Crippen MR) is 76.7 cm³/mol. The number of nitrogens with zero attached hydrogens (tertiary/aromatic N) is 2. The zero-order valence-electron chi connectivity index (χ0n) is 13.4. The van der Waals surface area contributed by atoms with Crippen LogP contribution in [-0.4, -0.2) is 59.0 Å². The molecule has 5 nitrogen and oxygen atoms in total. The Morgan fingerprint density at radius 2 is 2.00 bits per heavy atom. The Kier molecular flexibility index (Phi) is 4.63. The average Bonchev–Trinajstić information content (AvgIpc) is 2.35. The number of likely N-dealkylation sites (tertiary alicyclic amines) is 2. The number of hydrogen-bond donors (Lipinski definition) is 0. The van der Waals surface area contributed by atoms with Gasteiger partial charge >= 0.3 is 6.09 Å². The number of alkyl halides is 2. The predicted octanol–water partition coefficient (Wildman–Crippen LogP) is 2.64. The van der Waals surface area contributed by atoms with E-state index in [1.807, 2.05) is 0 Å². The molecule has 0 spiro atoms. The van der Waals surface area contributed by atoms with Crippen LogP contribution in [0.2, 0.25) is 0 Å². The van der Waals surface area contributed by atoms with Crippen molar-refractivity contribution in [2.75, 3.05) is 19.6 Å². The minimum absolute atomic E-state index is 0.0990. The van der Waals surface area contributed by atoms with E-state index in [1.54, 1.807) is 20.8 Å². The second-order valence-electron chi connectivity index (χ2n) is 7.12. The number of rotatable bonds is 1. The van der Waals surface area contributed by atoms with Gasteiger partial charge in [-0.1, -0.05) is 0 Å². The first-order chi connectivity index (χ1) is 10.1. The van der Waals surface area contributed by atoms with Crippen molar-refractivity contribution in [2.24, 2.45) is 0 Å². The molecule has 0 aliphatic carbocycles. The quantitative estimate of drug-likeness (QED) is 0.747. The number of hydrogen-bond acceptors (Lipinski definition) is 3. The summed E-state index contributed by atoms with van der Waals surface area (Å²) < 4.78 is 33.2. The van der Waals surface area contributed by atoms with Gasteiger partial charge in [-0.2, -0.15) is 0 Å². The molecule has 2 aliphatic heterocycles. The van der Waals surface area contributed by atoms with Crippen molar-refractivity contribution in [1.82, 2.24) is 9.80 Å². The summed E-state index contributed by atoms with van der Waals surface area (Å²) in [6.45, 7) is 5.02. The standard InChI is InChI=1S/C15H24F2N2O3/c1-14(2,3)22-13(21)18-9-11(8-15(16,17)10-18)19-7-5-4-6-12(19)20/h11H,4-10H2,1-3H3/t11-/m1/s1. The average molecular weight is 318 g/mol. The van der Waals surface area contributed by atoms with E-state index in [4.69, 9.17) is 4.74 Å². The largest absolute Gasteiger partial charge is 0.444 e. The summed E-state index contributed by atoms with van der Waals surface area (Å²) in [5.41, 5.74) is -0.736. The highest BCUT2D eigenvalue weighted by molar-refractivity contribution is 5.77. The molecule has 1 atom stereocenters. The van der Waals surface area contributed by atoms with Gasteiger partial charge in [0.25, 0.3) is 5.92 Å². The van der Waals surface area contributed by atoms with Gasteiger partial charge in [0.05, 0.1) is 12.6 Å². The third-order valence-electron chi connectivity index (χ3n) is 3.84. The van der Waals surface area contributed by atoms with Crippen LogP contribution < -0.4 is 0 Å². The van der Waals surface area contributed by atoms with E-state index in [9.17, 15) is 18.4 Å². The van der Waals surface area contributed by atoms with Gasteiger partial charge in [-0.05, 0) is 33.6 Å². The number of amides is 2. The summed E-state index contributed by atoms with van der Waals surface area (Å²) in [6.07, 6.45) is 0.877. The molecular formula is C15H24F2N2O3. The molecule has 0 saturated carbocycles. The highest BCUT2D eigenvalue weighted by atomic mass is 19.3. The van der Waals surface area contributed by atoms with Crippen LogP contribution in [0, 0.1) is 0 Å². The molecule has 2 fully saturated rings. The second-order valence-corrected chi connectivity index (χ2v) is 7.12. The molecule has 0 bridgehead atoms. The molecule has 2 rings (SSSR count). The zero-order chi connectivity index (χ0) is 16.5. The Balaban J connectivity index is 2.09. The Labute approximate surface area is 129 Å². The molecule has 126 valence electrons. The van der Waals surface area contributed by atoms with Gasteiger partial charge in [-0.3, -0.25) is 4.79 Å². The Morgan fingerprint density at radius 3 is 2.59 bits per heavy atom. The molecule has 0 aromatic carbocycles. The lowest BCUT2D eigenvalue weighted by Crippen LogP contribution is -2.59. The SMILES string of the molecule is CC(C)(C)OC(=O)N1C[C@H](N2CCCCC2=O)CC(F)(F)C1. The minimum atomic E-state index is -3.00. The fourth-order valence-corrected chi connectivity index (χ4v) is 2.96. The fraction of sp³-hybridized carbons (Fsp3) is 0.867. The molecular weight excluding hydrogens is 294 g/mol. The molecule has 7 heteroatoms. The van der Waals surface area contributed by atoms with Gasteiger partial charge in [0.2, 0.25) is 5.91 Å². The molecule has 2 amide bonds. The zero-order valence-corrected chi connectivity index (χ0v) is 13.4. The van der Waals surface area contributed by atoms with Crippen LogP contribution in [0.3, 0.4) is 0 Å². The van der Waals surface area contributed by atoms with Crippen LogP contribution in [0.25, 0.3) is 0 Å². The first-order valence-electron chi connectivity index (χ1n) is 7.73. The Hall–Kier alpha value is -1.40. The van der Waals surface area contributed by atoms with Crippen molar-refractivity contribution in [3.05, 3.63) is 0 Å².